The Balaban J connectivity index is 1.56. The molecule has 0 N–H and O–H groups in total. The van der Waals surface area contributed by atoms with Crippen molar-refractivity contribution < 1.29 is 18.9 Å². The Bertz CT molecular complexity index is 995. The number of benzene rings is 2. The van der Waals surface area contributed by atoms with Crippen LogP contribution in [0.5, 0.6) is 11.5 Å². The summed E-state index contributed by atoms with van der Waals surface area (Å²) >= 11 is 0. The number of ether oxygens (including phenoxy) is 4. The van der Waals surface area contributed by atoms with Crippen LogP contribution in [0.3, 0.4) is 0 Å². The highest BCUT2D eigenvalue weighted by Crippen LogP contribution is 2.39. The summed E-state index contributed by atoms with van der Waals surface area (Å²) in [6, 6.07) is 13.2. The minimum absolute atomic E-state index is 0.150. The fourth-order valence-electron chi connectivity index (χ4n) is 5.04. The highest BCUT2D eigenvalue weighted by atomic mass is 16.5. The van der Waals surface area contributed by atoms with Gasteiger partial charge in [-0.3, -0.25) is 0 Å². The van der Waals surface area contributed by atoms with Gasteiger partial charge in [0.05, 0.1) is 50.5 Å². The van der Waals surface area contributed by atoms with Crippen LogP contribution in [0.2, 0.25) is 0 Å². The van der Waals surface area contributed by atoms with Crippen LogP contribution in [0.15, 0.2) is 61.7 Å². The van der Waals surface area contributed by atoms with Crippen LogP contribution in [0, 0.1) is 10.8 Å². The van der Waals surface area contributed by atoms with Crippen LogP contribution in [0.1, 0.15) is 62.8 Å². The van der Waals surface area contributed by atoms with E-state index in [1.54, 1.807) is 0 Å². The molecule has 2 heterocycles. The predicted molar refractivity (Wildman–Crippen MR) is 151 cm³/mol. The average Bonchev–Trinajstić information content (AvgIpc) is 2.85. The molecule has 2 aliphatic rings. The number of allylic oxidation sites excluding steroid dienone is 2. The van der Waals surface area contributed by atoms with Crippen molar-refractivity contribution in [3.63, 3.8) is 0 Å². The normalized spacial score (nSPS) is 17.8. The quantitative estimate of drug-likeness (QED) is 0.258. The lowest BCUT2D eigenvalue weighted by molar-refractivity contribution is -0.133. The molecule has 0 bridgehead atoms. The SMILES string of the molecule is C=CCc1cc(C(C)(C)c2ccc(OCC3(CC)COC3)c(CC=C)c2)ccc1OCC1(CC)COC1. The van der Waals surface area contributed by atoms with E-state index in [-0.39, 0.29) is 16.2 Å². The molecule has 4 rings (SSSR count). The van der Waals surface area contributed by atoms with Crippen LogP contribution in [-0.2, 0) is 27.7 Å². The lowest BCUT2D eigenvalue weighted by Gasteiger charge is -2.40. The van der Waals surface area contributed by atoms with Gasteiger partial charge in [-0.1, -0.05) is 64.1 Å². The molecule has 2 saturated heterocycles. The Kier molecular flexibility index (Phi) is 8.50. The van der Waals surface area contributed by atoms with Gasteiger partial charge in [0.25, 0.3) is 0 Å². The van der Waals surface area contributed by atoms with Gasteiger partial charge in [-0.2, -0.15) is 0 Å². The van der Waals surface area contributed by atoms with Gasteiger partial charge in [-0.05, 0) is 60.1 Å². The molecule has 0 saturated carbocycles. The Hall–Kier alpha value is -2.56. The molecule has 4 nitrogen and oxygen atoms in total. The van der Waals surface area contributed by atoms with E-state index < -0.39 is 0 Å². The van der Waals surface area contributed by atoms with Gasteiger partial charge in [-0.25, -0.2) is 0 Å². The molecular weight excluding hydrogens is 460 g/mol. The van der Waals surface area contributed by atoms with Gasteiger partial charge >= 0.3 is 0 Å². The van der Waals surface area contributed by atoms with E-state index in [1.807, 2.05) is 12.2 Å². The minimum Gasteiger partial charge on any atom is -0.493 e. The summed E-state index contributed by atoms with van der Waals surface area (Å²) < 4.78 is 23.6. The lowest BCUT2D eigenvalue weighted by Crippen LogP contribution is -2.46. The van der Waals surface area contributed by atoms with Crippen LogP contribution >= 0.6 is 0 Å². The second kappa shape index (κ2) is 11.4. The highest BCUT2D eigenvalue weighted by molar-refractivity contribution is 5.48. The Morgan fingerprint density at radius 1 is 0.757 bits per heavy atom. The Morgan fingerprint density at radius 3 is 1.46 bits per heavy atom. The minimum atomic E-state index is -0.193. The van der Waals surface area contributed by atoms with E-state index in [4.69, 9.17) is 18.9 Å². The van der Waals surface area contributed by atoms with Gasteiger partial charge < -0.3 is 18.9 Å². The van der Waals surface area contributed by atoms with Crippen molar-refractivity contribution in [1.82, 2.24) is 0 Å². The van der Waals surface area contributed by atoms with E-state index in [2.05, 4.69) is 77.3 Å². The Labute approximate surface area is 223 Å². The first-order valence-corrected chi connectivity index (χ1v) is 13.7. The third-order valence-corrected chi connectivity index (χ3v) is 8.49. The second-order valence-corrected chi connectivity index (χ2v) is 11.5. The van der Waals surface area contributed by atoms with E-state index in [0.717, 1.165) is 63.6 Å². The molecule has 0 radical (unpaired) electrons. The van der Waals surface area contributed by atoms with Gasteiger partial charge in [-0.15, -0.1) is 13.2 Å². The number of hydrogen-bond donors (Lipinski definition) is 0. The first-order valence-electron chi connectivity index (χ1n) is 13.7. The monoisotopic (exact) mass is 504 g/mol. The molecule has 0 spiro atoms. The van der Waals surface area contributed by atoms with E-state index in [0.29, 0.717) is 13.2 Å². The zero-order valence-corrected chi connectivity index (χ0v) is 23.2. The van der Waals surface area contributed by atoms with E-state index in [9.17, 15) is 0 Å². The van der Waals surface area contributed by atoms with E-state index in [1.165, 1.54) is 22.3 Å². The van der Waals surface area contributed by atoms with Crippen molar-refractivity contribution in [2.75, 3.05) is 39.6 Å². The highest BCUT2D eigenvalue weighted by Gasteiger charge is 2.39. The maximum absolute atomic E-state index is 6.34. The molecule has 0 atom stereocenters. The summed E-state index contributed by atoms with van der Waals surface area (Å²) in [5, 5.41) is 0. The molecule has 37 heavy (non-hydrogen) atoms. The molecule has 2 aromatic rings. The summed E-state index contributed by atoms with van der Waals surface area (Å²) in [4.78, 5) is 0. The first kappa shape index (κ1) is 27.5. The molecule has 0 aliphatic carbocycles. The maximum Gasteiger partial charge on any atom is 0.122 e. The number of rotatable bonds is 14. The third-order valence-electron chi connectivity index (χ3n) is 8.49. The largest absolute Gasteiger partial charge is 0.493 e. The average molecular weight is 505 g/mol. The molecule has 2 aliphatic heterocycles. The van der Waals surface area contributed by atoms with Crippen LogP contribution < -0.4 is 9.47 Å². The summed E-state index contributed by atoms with van der Waals surface area (Å²) in [7, 11) is 0. The van der Waals surface area contributed by atoms with E-state index >= 15 is 0 Å². The lowest BCUT2D eigenvalue weighted by atomic mass is 9.76. The maximum atomic E-state index is 6.34. The summed E-state index contributed by atoms with van der Waals surface area (Å²) in [6.45, 7) is 21.5. The Morgan fingerprint density at radius 2 is 1.16 bits per heavy atom. The third kappa shape index (κ3) is 5.81. The van der Waals surface area contributed by atoms with Crippen molar-refractivity contribution in [3.8, 4) is 11.5 Å². The van der Waals surface area contributed by atoms with Crippen molar-refractivity contribution in [1.29, 1.82) is 0 Å². The zero-order valence-electron chi connectivity index (χ0n) is 23.2. The molecule has 2 fully saturated rings. The first-order chi connectivity index (χ1) is 17.8. The van der Waals surface area contributed by atoms with Gasteiger partial charge in [0, 0.05) is 5.41 Å². The van der Waals surface area contributed by atoms with Crippen molar-refractivity contribution in [3.05, 3.63) is 84.0 Å². The van der Waals surface area contributed by atoms with Crippen LogP contribution in [-0.4, -0.2) is 39.6 Å². The molecule has 0 amide bonds. The van der Waals surface area contributed by atoms with Crippen molar-refractivity contribution in [2.24, 2.45) is 10.8 Å². The molecule has 0 aromatic heterocycles. The van der Waals surface area contributed by atoms with Crippen LogP contribution in [0.25, 0.3) is 0 Å². The zero-order chi connectivity index (χ0) is 26.5. The van der Waals surface area contributed by atoms with Gasteiger partial charge in [0.2, 0.25) is 0 Å². The molecule has 0 unspecified atom stereocenters. The van der Waals surface area contributed by atoms with Crippen molar-refractivity contribution in [2.45, 2.75) is 58.8 Å². The summed E-state index contributed by atoms with van der Waals surface area (Å²) in [5.41, 5.74) is 4.96. The standard InChI is InChI=1S/C33H44O4/c1-7-11-25-17-27(13-15-29(25)36-23-32(9-3)19-34-20-32)31(5,6)28-14-16-30(26(18-28)12-8-2)37-24-33(10-4)21-35-22-33/h7-8,13-18H,1-2,9-12,19-24H2,3-6H3. The fourth-order valence-corrected chi connectivity index (χ4v) is 5.04. The van der Waals surface area contributed by atoms with Crippen molar-refractivity contribution >= 4 is 0 Å². The van der Waals surface area contributed by atoms with Gasteiger partial charge in [0.15, 0.2) is 0 Å². The smallest absolute Gasteiger partial charge is 0.122 e. The summed E-state index contributed by atoms with van der Waals surface area (Å²) in [6.07, 6.45) is 7.57. The van der Waals surface area contributed by atoms with Crippen LogP contribution in [0.4, 0.5) is 0 Å². The topological polar surface area (TPSA) is 36.9 Å². The van der Waals surface area contributed by atoms with Gasteiger partial charge in [0.1, 0.15) is 11.5 Å². The number of hydrogen-bond acceptors (Lipinski definition) is 4. The molecular formula is C33H44O4. The second-order valence-electron chi connectivity index (χ2n) is 11.5. The molecule has 200 valence electrons. The summed E-state index contributed by atoms with van der Waals surface area (Å²) in [5.74, 6) is 1.89. The molecule has 2 aromatic carbocycles. The fraction of sp³-hybridized carbons (Fsp3) is 0.515. The molecule has 4 heteroatoms. The predicted octanol–water partition coefficient (Wildman–Crippen LogP) is 7.08.